The molecule has 1 N–H and O–H groups in total. The molecule has 0 bridgehead atoms. The molecular weight excluding hydrogens is 272 g/mol. The fraction of sp³-hybridized carbons (Fsp3) is 0.312. The van der Waals surface area contributed by atoms with Crippen LogP contribution < -0.4 is 4.74 Å². The summed E-state index contributed by atoms with van der Waals surface area (Å²) in [6.45, 7) is 4.78. The summed E-state index contributed by atoms with van der Waals surface area (Å²) in [4.78, 5) is 12.0. The average molecular weight is 290 g/mol. The van der Waals surface area contributed by atoms with Crippen molar-refractivity contribution in [3.63, 3.8) is 0 Å². The number of hydrogen-bond acceptors (Lipinski definition) is 3. The number of carboxylic acids is 1. The minimum atomic E-state index is -0.890. The topological polar surface area (TPSA) is 46.5 Å². The molecule has 1 atom stereocenters. The fourth-order valence-corrected chi connectivity index (χ4v) is 2.61. The second-order valence-electron chi connectivity index (χ2n) is 4.74. The molecule has 0 fully saturated rings. The summed E-state index contributed by atoms with van der Waals surface area (Å²) in [5.41, 5.74) is 1.31. The maximum Gasteiger partial charge on any atom is 0.345 e. The molecule has 1 heterocycles. The molecule has 0 spiro atoms. The van der Waals surface area contributed by atoms with E-state index in [0.29, 0.717) is 17.4 Å². The van der Waals surface area contributed by atoms with Gasteiger partial charge in [-0.3, -0.25) is 0 Å². The summed E-state index contributed by atoms with van der Waals surface area (Å²) in [7, 11) is 0. The number of ether oxygens (including phenoxy) is 1. The second-order valence-corrected chi connectivity index (χ2v) is 5.91. The first kappa shape index (κ1) is 14.6. The van der Waals surface area contributed by atoms with Crippen molar-refractivity contribution < 1.29 is 14.6 Å². The quantitative estimate of drug-likeness (QED) is 0.849. The van der Waals surface area contributed by atoms with E-state index in [1.165, 1.54) is 16.9 Å². The van der Waals surface area contributed by atoms with Gasteiger partial charge in [0.25, 0.3) is 0 Å². The van der Waals surface area contributed by atoms with E-state index < -0.39 is 5.97 Å². The highest BCUT2D eigenvalue weighted by Gasteiger charge is 2.07. The number of carbonyl (C=O) groups is 1. The van der Waals surface area contributed by atoms with Gasteiger partial charge in [-0.2, -0.15) is 0 Å². The lowest BCUT2D eigenvalue weighted by molar-refractivity contribution is 0.0702. The van der Waals surface area contributed by atoms with Gasteiger partial charge in [-0.1, -0.05) is 26.0 Å². The number of benzene rings is 1. The third-order valence-corrected chi connectivity index (χ3v) is 4.36. The lowest BCUT2D eigenvalue weighted by Gasteiger charge is -2.10. The van der Waals surface area contributed by atoms with Crippen LogP contribution in [-0.2, 0) is 6.61 Å². The third kappa shape index (κ3) is 3.61. The molecule has 0 amide bonds. The number of hydrogen-bond donors (Lipinski definition) is 1. The minimum Gasteiger partial charge on any atom is -0.488 e. The van der Waals surface area contributed by atoms with Crippen LogP contribution in [0.2, 0.25) is 0 Å². The lowest BCUT2D eigenvalue weighted by atomic mass is 9.99. The van der Waals surface area contributed by atoms with Gasteiger partial charge in [0.2, 0.25) is 0 Å². The van der Waals surface area contributed by atoms with Crippen molar-refractivity contribution in [1.29, 1.82) is 0 Å². The molecule has 0 aliphatic heterocycles. The minimum absolute atomic E-state index is 0.343. The summed E-state index contributed by atoms with van der Waals surface area (Å²) in [6, 6.07) is 11.5. The molecule has 1 aromatic carbocycles. The standard InChI is InChI=1S/C16H18O3S/c1-3-11(2)12-4-6-13(7-5-12)19-10-14-8-9-15(20-14)16(17)18/h4-9,11H,3,10H2,1-2H3,(H,17,18). The smallest absolute Gasteiger partial charge is 0.345 e. The van der Waals surface area contributed by atoms with Crippen LogP contribution >= 0.6 is 11.3 Å². The Hall–Kier alpha value is -1.81. The van der Waals surface area contributed by atoms with Crippen molar-refractivity contribution in [2.75, 3.05) is 0 Å². The zero-order valence-corrected chi connectivity index (χ0v) is 12.4. The molecule has 0 aliphatic carbocycles. The van der Waals surface area contributed by atoms with Crippen LogP contribution in [0.3, 0.4) is 0 Å². The van der Waals surface area contributed by atoms with Crippen LogP contribution in [-0.4, -0.2) is 11.1 Å². The Bertz CT molecular complexity index is 572. The first-order valence-corrected chi connectivity index (χ1v) is 7.46. The number of carboxylic acid groups (broad SMARTS) is 1. The summed E-state index contributed by atoms with van der Waals surface area (Å²) in [6.07, 6.45) is 1.12. The Morgan fingerprint density at radius 2 is 1.95 bits per heavy atom. The Kier molecular flexibility index (Phi) is 4.79. The highest BCUT2D eigenvalue weighted by Crippen LogP contribution is 2.23. The molecule has 0 radical (unpaired) electrons. The molecule has 106 valence electrons. The van der Waals surface area contributed by atoms with Crippen molar-refractivity contribution in [1.82, 2.24) is 0 Å². The van der Waals surface area contributed by atoms with Gasteiger partial charge >= 0.3 is 5.97 Å². The molecular formula is C16H18O3S. The first-order chi connectivity index (χ1) is 9.60. The monoisotopic (exact) mass is 290 g/mol. The number of rotatable bonds is 6. The van der Waals surface area contributed by atoms with Crippen molar-refractivity contribution in [3.8, 4) is 5.75 Å². The van der Waals surface area contributed by atoms with E-state index in [4.69, 9.17) is 9.84 Å². The van der Waals surface area contributed by atoms with Crippen LogP contribution in [0.25, 0.3) is 0 Å². The first-order valence-electron chi connectivity index (χ1n) is 6.65. The molecule has 2 rings (SSSR count). The van der Waals surface area contributed by atoms with Crippen molar-refractivity contribution in [2.45, 2.75) is 32.8 Å². The third-order valence-electron chi connectivity index (χ3n) is 3.32. The van der Waals surface area contributed by atoms with Crippen molar-refractivity contribution in [2.24, 2.45) is 0 Å². The van der Waals surface area contributed by atoms with Gasteiger partial charge in [-0.05, 0) is 42.2 Å². The molecule has 3 nitrogen and oxygen atoms in total. The van der Waals surface area contributed by atoms with E-state index in [-0.39, 0.29) is 0 Å². The average Bonchev–Trinajstić information content (AvgIpc) is 2.94. The van der Waals surface area contributed by atoms with E-state index in [1.54, 1.807) is 12.1 Å². The van der Waals surface area contributed by atoms with Gasteiger partial charge in [0.15, 0.2) is 0 Å². The van der Waals surface area contributed by atoms with E-state index in [9.17, 15) is 4.79 Å². The Labute approximate surface area is 122 Å². The van der Waals surface area contributed by atoms with Crippen molar-refractivity contribution in [3.05, 3.63) is 51.7 Å². The summed E-state index contributed by atoms with van der Waals surface area (Å²) < 4.78 is 5.67. The molecule has 0 aliphatic rings. The fourth-order valence-electron chi connectivity index (χ4n) is 1.85. The summed E-state index contributed by atoms with van der Waals surface area (Å²) >= 11 is 1.25. The second kappa shape index (κ2) is 6.57. The van der Waals surface area contributed by atoms with E-state index in [2.05, 4.69) is 26.0 Å². The van der Waals surface area contributed by atoms with Gasteiger partial charge in [0.05, 0.1) is 0 Å². The zero-order chi connectivity index (χ0) is 14.5. The van der Waals surface area contributed by atoms with Gasteiger partial charge in [-0.25, -0.2) is 4.79 Å². The highest BCUT2D eigenvalue weighted by atomic mass is 32.1. The van der Waals surface area contributed by atoms with Crippen LogP contribution in [0.4, 0.5) is 0 Å². The Morgan fingerprint density at radius 3 is 2.50 bits per heavy atom. The predicted octanol–water partition coefficient (Wildman–Crippen LogP) is 4.54. The van der Waals surface area contributed by atoms with E-state index >= 15 is 0 Å². The lowest BCUT2D eigenvalue weighted by Crippen LogP contribution is -1.95. The zero-order valence-electron chi connectivity index (χ0n) is 11.6. The SMILES string of the molecule is CCC(C)c1ccc(OCc2ccc(C(=O)O)s2)cc1. The Balaban J connectivity index is 1.94. The van der Waals surface area contributed by atoms with Crippen LogP contribution in [0.1, 0.15) is 46.3 Å². The van der Waals surface area contributed by atoms with Gasteiger partial charge < -0.3 is 9.84 Å². The molecule has 1 aromatic heterocycles. The predicted molar refractivity (Wildman–Crippen MR) is 80.8 cm³/mol. The molecule has 1 unspecified atom stereocenters. The largest absolute Gasteiger partial charge is 0.488 e. The maximum absolute atomic E-state index is 10.8. The van der Waals surface area contributed by atoms with Gasteiger partial charge in [0.1, 0.15) is 17.2 Å². The van der Waals surface area contributed by atoms with Crippen LogP contribution in [0.15, 0.2) is 36.4 Å². The van der Waals surface area contributed by atoms with E-state index in [1.807, 2.05) is 12.1 Å². The van der Waals surface area contributed by atoms with Crippen LogP contribution in [0.5, 0.6) is 5.75 Å². The van der Waals surface area contributed by atoms with Crippen LogP contribution in [0, 0.1) is 0 Å². The van der Waals surface area contributed by atoms with E-state index in [0.717, 1.165) is 17.0 Å². The molecule has 2 aromatic rings. The Morgan fingerprint density at radius 1 is 1.25 bits per heavy atom. The normalized spacial score (nSPS) is 12.1. The van der Waals surface area contributed by atoms with Gasteiger partial charge in [0, 0.05) is 4.88 Å². The summed E-state index contributed by atoms with van der Waals surface area (Å²) in [5, 5.41) is 8.86. The summed E-state index contributed by atoms with van der Waals surface area (Å²) in [5.74, 6) is 0.473. The van der Waals surface area contributed by atoms with Crippen molar-refractivity contribution >= 4 is 17.3 Å². The maximum atomic E-state index is 10.8. The molecule has 0 saturated carbocycles. The van der Waals surface area contributed by atoms with Gasteiger partial charge in [-0.15, -0.1) is 11.3 Å². The molecule has 4 heteroatoms. The molecule has 20 heavy (non-hydrogen) atoms. The highest BCUT2D eigenvalue weighted by molar-refractivity contribution is 7.13. The molecule has 0 saturated heterocycles. The number of aromatic carboxylic acids is 1. The number of thiophene rings is 1.